The Morgan fingerprint density at radius 1 is 0.700 bits per heavy atom. The van der Waals surface area contributed by atoms with Crippen molar-refractivity contribution in [3.63, 3.8) is 0 Å². The third kappa shape index (κ3) is 163. The second-order valence-corrected chi connectivity index (χ2v) is 0. The molecule has 0 aliphatic rings. The average molecular weight is 301 g/mol. The summed E-state index contributed by atoms with van der Waals surface area (Å²) in [4.78, 5) is 0. The fraction of sp³-hybridized carbons (Fsp3) is 0. The first kappa shape index (κ1) is 141. The van der Waals surface area contributed by atoms with Gasteiger partial charge in [0.2, 0.25) is 0 Å². The molecule has 0 saturated carbocycles. The summed E-state index contributed by atoms with van der Waals surface area (Å²) in [5, 5.41) is 0. The van der Waals surface area contributed by atoms with Crippen LogP contribution in [0.5, 0.6) is 0 Å². The van der Waals surface area contributed by atoms with E-state index in [9.17, 15) is 0 Å². The molecule has 0 aliphatic heterocycles. The normalized spacial score (nSPS) is 0.300. The predicted molar refractivity (Wildman–Crippen MR) is 23.8 cm³/mol. The monoisotopic (exact) mass is 300 g/mol. The summed E-state index contributed by atoms with van der Waals surface area (Å²) in [6.07, 6.45) is 0. The van der Waals surface area contributed by atoms with Gasteiger partial charge < -0.3 is 21.9 Å². The predicted octanol–water partition coefficient (Wildman–Crippen LogP) is -1.17. The minimum absolute atomic E-state index is 0. The Morgan fingerprint density at radius 2 is 0.700 bits per heavy atom. The molecule has 10 heavy (non-hydrogen) atoms. The van der Waals surface area contributed by atoms with Gasteiger partial charge in [0.1, 0.15) is 0 Å². The number of rotatable bonds is 0. The number of halogens is 2. The van der Waals surface area contributed by atoms with E-state index in [0.29, 0.717) is 0 Å². The van der Waals surface area contributed by atoms with Crippen molar-refractivity contribution < 1.29 is 89.1 Å². The Balaban J connectivity index is -0.000000000179. The zero-order valence-corrected chi connectivity index (χ0v) is 10.9. The molecule has 0 aliphatic carbocycles. The van der Waals surface area contributed by atoms with Crippen LogP contribution in [0, 0.1) is 0 Å². The number of hydrogen-bond acceptors (Lipinski definition) is 1. The first-order valence-electron chi connectivity index (χ1n) is 0.204. The van der Waals surface area contributed by atoms with Crippen molar-refractivity contribution in [3.05, 3.63) is 0 Å². The number of hydrogen-bond donors (Lipinski definition) is 0. The molecule has 0 atom stereocenters. The first-order valence-corrected chi connectivity index (χ1v) is 0.842. The second kappa shape index (κ2) is 219. The maximum absolute atomic E-state index is 8.25. The van der Waals surface area contributed by atoms with Crippen molar-refractivity contribution in [2.75, 3.05) is 0 Å². The van der Waals surface area contributed by atoms with Crippen LogP contribution < -0.4 is 0 Å². The Morgan fingerprint density at radius 3 is 0.700 bits per heavy atom. The Labute approximate surface area is 113 Å². The molecule has 5 nitrogen and oxygen atoms in total. The Bertz CT molecular complexity index is 14.9. The summed E-state index contributed by atoms with van der Waals surface area (Å²) < 4.78 is 8.25. The molecule has 0 amide bonds. The van der Waals surface area contributed by atoms with Gasteiger partial charge in [-0.3, -0.25) is 0 Å². The quantitative estimate of drug-likeness (QED) is 0.511. The molecule has 0 aromatic heterocycles. The van der Waals surface area contributed by atoms with Crippen LogP contribution in [0.25, 0.3) is 0 Å². The second-order valence-electron chi connectivity index (χ2n) is 0. The van der Waals surface area contributed by atoms with Gasteiger partial charge in [-0.05, 0) is 0 Å². The summed E-state index contributed by atoms with van der Waals surface area (Å²) in [6, 6.07) is 0. The molecule has 0 spiro atoms. The van der Waals surface area contributed by atoms with E-state index in [4.69, 9.17) is 3.32 Å². The van der Waals surface area contributed by atoms with Crippen molar-refractivity contribution >= 4 is 24.8 Å². The molecule has 0 saturated heterocycles. The molecular formula is H6Cl2O5Ti3+4. The van der Waals surface area contributed by atoms with Gasteiger partial charge >= 0.3 is 67.2 Å². The van der Waals surface area contributed by atoms with E-state index in [1.54, 1.807) is 0 Å². The third-order valence-corrected chi connectivity index (χ3v) is 0. The van der Waals surface area contributed by atoms with Crippen LogP contribution in [0.3, 0.4) is 0 Å². The van der Waals surface area contributed by atoms with Crippen molar-refractivity contribution in [3.8, 4) is 0 Å². The molecule has 10 heteroatoms. The molecule has 0 heterocycles. The molecule has 0 unspecified atom stereocenters. The van der Waals surface area contributed by atoms with E-state index < -0.39 is 0 Å². The fourth-order valence-corrected chi connectivity index (χ4v) is 0. The van der Waals surface area contributed by atoms with Gasteiger partial charge in [0.15, 0.2) is 0 Å². The van der Waals surface area contributed by atoms with E-state index in [0.717, 1.165) is 20.4 Å². The van der Waals surface area contributed by atoms with Gasteiger partial charge in [-0.25, -0.2) is 0 Å². The van der Waals surface area contributed by atoms with Gasteiger partial charge in [-0.2, -0.15) is 0 Å². The maximum atomic E-state index is 8.25. The van der Waals surface area contributed by atoms with Gasteiger partial charge in [-0.15, -0.1) is 24.8 Å². The zero-order chi connectivity index (χ0) is 2.00. The summed E-state index contributed by atoms with van der Waals surface area (Å²) in [7, 11) is 0. The Hall–Kier alpha value is 2.36. The zero-order valence-electron chi connectivity index (χ0n) is 4.54. The van der Waals surface area contributed by atoms with Crippen LogP contribution in [0.2, 0.25) is 0 Å². The molecule has 0 aromatic rings. The first-order chi connectivity index (χ1) is 1.00. The fourth-order valence-electron chi connectivity index (χ4n) is 0. The van der Waals surface area contributed by atoms with Crippen LogP contribution in [0.4, 0.5) is 0 Å². The topological polar surface area (TPSA) is 137 Å². The standard InChI is InChI=1S/2ClH.2H2O.3O.3Ti/h2*1H;2*1H2;;;;;;/q;;;;;2*-2;;2*+4. The van der Waals surface area contributed by atoms with E-state index in [-0.39, 0.29) is 90.2 Å². The van der Waals surface area contributed by atoms with E-state index in [1.165, 1.54) is 0 Å². The smallest absolute Gasteiger partial charge is 4.00 e. The third-order valence-electron chi connectivity index (χ3n) is 0. The van der Waals surface area contributed by atoms with Crippen molar-refractivity contribution in [2.45, 2.75) is 0 Å². The van der Waals surface area contributed by atoms with Crippen LogP contribution in [-0.4, -0.2) is 11.0 Å². The largest absolute Gasteiger partial charge is 4.00 e. The van der Waals surface area contributed by atoms with E-state index in [1.807, 2.05) is 0 Å². The molecule has 0 rings (SSSR count). The van der Waals surface area contributed by atoms with Gasteiger partial charge in [0.05, 0.1) is 0 Å². The van der Waals surface area contributed by atoms with Crippen LogP contribution >= 0.6 is 24.8 Å². The Kier molecular flexibility index (Phi) is 3080. The minimum atomic E-state index is 0. The van der Waals surface area contributed by atoms with Crippen LogP contribution in [0.1, 0.15) is 0 Å². The SMILES string of the molecule is Cl.Cl.O.O.[O-2].[O-2].[O]=[Ti].[Ti+4].[Ti+4]. The average Bonchev–Trinajstić information content (AvgIpc) is 1.00. The van der Waals surface area contributed by atoms with Crippen molar-refractivity contribution in [2.24, 2.45) is 0 Å². The molecule has 0 fully saturated rings. The summed E-state index contributed by atoms with van der Waals surface area (Å²) in [5.41, 5.74) is 0. The van der Waals surface area contributed by atoms with Crippen LogP contribution in [-0.2, 0) is 78.1 Å². The minimum Gasteiger partial charge on any atom is 4.00 e. The summed E-state index contributed by atoms with van der Waals surface area (Å²) in [5.74, 6) is 0. The van der Waals surface area contributed by atoms with E-state index >= 15 is 0 Å². The van der Waals surface area contributed by atoms with Crippen molar-refractivity contribution in [1.82, 2.24) is 0 Å². The van der Waals surface area contributed by atoms with E-state index in [2.05, 4.69) is 0 Å². The summed E-state index contributed by atoms with van der Waals surface area (Å²) in [6.45, 7) is 0. The van der Waals surface area contributed by atoms with Crippen LogP contribution in [0.15, 0.2) is 0 Å². The summed E-state index contributed by atoms with van der Waals surface area (Å²) >= 11 is 0.750. The molecule has 4 N–H and O–H groups in total. The van der Waals surface area contributed by atoms with Gasteiger partial charge in [-0.1, -0.05) is 0 Å². The molecule has 0 radical (unpaired) electrons. The molecular weight excluding hydrogens is 295 g/mol. The molecule has 0 bridgehead atoms. The molecule has 0 aromatic carbocycles. The molecule has 58 valence electrons. The maximum Gasteiger partial charge on any atom is 4.00 e. The van der Waals surface area contributed by atoms with Gasteiger partial charge in [0, 0.05) is 0 Å². The van der Waals surface area contributed by atoms with Crippen molar-refractivity contribution in [1.29, 1.82) is 0 Å². The van der Waals surface area contributed by atoms with Gasteiger partial charge in [0.25, 0.3) is 0 Å².